The first-order valence-corrected chi connectivity index (χ1v) is 5.83. The maximum absolute atomic E-state index is 11.8. The predicted molar refractivity (Wildman–Crippen MR) is 69.4 cm³/mol. The highest BCUT2D eigenvalue weighted by Crippen LogP contribution is 2.17. The highest BCUT2D eigenvalue weighted by atomic mass is 16.4. The van der Waals surface area contributed by atoms with Crippen LogP contribution in [0, 0.1) is 6.92 Å². The highest BCUT2D eigenvalue weighted by Gasteiger charge is 2.17. The van der Waals surface area contributed by atoms with Gasteiger partial charge in [-0.2, -0.15) is 5.10 Å². The second-order valence-corrected chi connectivity index (χ2v) is 4.24. The van der Waals surface area contributed by atoms with E-state index in [-0.39, 0.29) is 17.4 Å². The Morgan fingerprint density at radius 2 is 2.20 bits per heavy atom. The highest BCUT2D eigenvalue weighted by molar-refractivity contribution is 5.99. The lowest BCUT2D eigenvalue weighted by atomic mass is 10.3. The van der Waals surface area contributed by atoms with Gasteiger partial charge >= 0.3 is 12.0 Å². The number of carbonyl (C=O) groups excluding carboxylic acids is 1. The molecule has 0 radical (unpaired) electrons. The van der Waals surface area contributed by atoms with Crippen LogP contribution in [0.2, 0.25) is 0 Å². The van der Waals surface area contributed by atoms with Crippen molar-refractivity contribution < 1.29 is 14.7 Å². The summed E-state index contributed by atoms with van der Waals surface area (Å²) in [7, 11) is 0. The standard InChI is InChI=1S/C11H14N6O3/c1-5-3-7(8(14-5)10(18)19)16-11(20)15-6(2)9-12-4-13-17-9/h3-4,6,14H,1-2H3,(H,18,19)(H,12,13,17)(H2,15,16,20). The van der Waals surface area contributed by atoms with Crippen molar-refractivity contribution in [1.82, 2.24) is 25.5 Å². The number of carbonyl (C=O) groups is 2. The molecule has 0 fully saturated rings. The van der Waals surface area contributed by atoms with Gasteiger partial charge in [-0.3, -0.25) is 5.10 Å². The van der Waals surface area contributed by atoms with E-state index in [1.165, 1.54) is 6.33 Å². The number of hydrogen-bond acceptors (Lipinski definition) is 4. The average Bonchev–Trinajstić information content (AvgIpc) is 2.98. The Labute approximate surface area is 113 Å². The number of anilines is 1. The van der Waals surface area contributed by atoms with E-state index in [9.17, 15) is 9.59 Å². The molecule has 2 rings (SSSR count). The van der Waals surface area contributed by atoms with Crippen LogP contribution in [0.4, 0.5) is 10.5 Å². The number of urea groups is 1. The number of amides is 2. The zero-order chi connectivity index (χ0) is 14.7. The molecule has 0 bridgehead atoms. The molecule has 0 aliphatic rings. The van der Waals surface area contributed by atoms with Gasteiger partial charge in [0.2, 0.25) is 0 Å². The quantitative estimate of drug-likeness (QED) is 0.569. The number of aromatic carboxylic acids is 1. The summed E-state index contributed by atoms with van der Waals surface area (Å²) in [5.74, 6) is -0.638. The van der Waals surface area contributed by atoms with Gasteiger partial charge in [0.15, 0.2) is 0 Å². The van der Waals surface area contributed by atoms with Gasteiger partial charge < -0.3 is 20.7 Å². The summed E-state index contributed by atoms with van der Waals surface area (Å²) in [6.07, 6.45) is 1.34. The maximum Gasteiger partial charge on any atom is 0.354 e. The van der Waals surface area contributed by atoms with E-state index in [0.717, 1.165) is 0 Å². The maximum atomic E-state index is 11.8. The van der Waals surface area contributed by atoms with Crippen molar-refractivity contribution in [1.29, 1.82) is 0 Å². The Kier molecular flexibility index (Phi) is 3.69. The Morgan fingerprint density at radius 3 is 2.80 bits per heavy atom. The monoisotopic (exact) mass is 278 g/mol. The van der Waals surface area contributed by atoms with Gasteiger partial charge in [0, 0.05) is 5.69 Å². The summed E-state index contributed by atoms with van der Waals surface area (Å²) in [4.78, 5) is 29.4. The molecule has 2 aromatic heterocycles. The lowest BCUT2D eigenvalue weighted by molar-refractivity contribution is 0.0692. The van der Waals surface area contributed by atoms with Crippen LogP contribution in [0.5, 0.6) is 0 Å². The summed E-state index contributed by atoms with van der Waals surface area (Å²) in [6.45, 7) is 3.42. The fraction of sp³-hybridized carbons (Fsp3) is 0.273. The number of aromatic nitrogens is 4. The molecule has 1 unspecified atom stereocenters. The molecule has 0 aliphatic carbocycles. The fourth-order valence-electron chi connectivity index (χ4n) is 1.70. The minimum absolute atomic E-state index is 0.0648. The Morgan fingerprint density at radius 1 is 1.45 bits per heavy atom. The van der Waals surface area contributed by atoms with Crippen molar-refractivity contribution in [3.05, 3.63) is 29.6 Å². The summed E-state index contributed by atoms with van der Waals surface area (Å²) in [5.41, 5.74) is 0.781. The van der Waals surface area contributed by atoms with Crippen LogP contribution < -0.4 is 10.6 Å². The molecule has 2 aromatic rings. The van der Waals surface area contributed by atoms with Crippen LogP contribution >= 0.6 is 0 Å². The number of nitrogens with one attached hydrogen (secondary N) is 4. The van der Waals surface area contributed by atoms with Gasteiger partial charge in [-0.1, -0.05) is 0 Å². The van der Waals surface area contributed by atoms with Gasteiger partial charge in [-0.05, 0) is 19.9 Å². The minimum atomic E-state index is -1.14. The van der Waals surface area contributed by atoms with E-state index in [0.29, 0.717) is 11.5 Å². The smallest absolute Gasteiger partial charge is 0.354 e. The molecule has 9 heteroatoms. The summed E-state index contributed by atoms with van der Waals surface area (Å²) in [5, 5.41) is 20.4. The van der Waals surface area contributed by atoms with Crippen molar-refractivity contribution in [2.24, 2.45) is 0 Å². The van der Waals surface area contributed by atoms with Crippen LogP contribution in [0.25, 0.3) is 0 Å². The van der Waals surface area contributed by atoms with Gasteiger partial charge in [0.25, 0.3) is 0 Å². The number of hydrogen-bond donors (Lipinski definition) is 5. The summed E-state index contributed by atoms with van der Waals surface area (Å²) < 4.78 is 0. The van der Waals surface area contributed by atoms with E-state index in [1.54, 1.807) is 19.9 Å². The largest absolute Gasteiger partial charge is 0.477 e. The SMILES string of the molecule is Cc1cc(NC(=O)NC(C)c2ncn[nH]2)c(C(=O)O)[nH]1. The Hall–Kier alpha value is -2.84. The van der Waals surface area contributed by atoms with E-state index >= 15 is 0 Å². The normalized spacial score (nSPS) is 11.9. The molecule has 2 amide bonds. The number of carboxylic acid groups (broad SMARTS) is 1. The van der Waals surface area contributed by atoms with Crippen molar-refractivity contribution in [2.45, 2.75) is 19.9 Å². The minimum Gasteiger partial charge on any atom is -0.477 e. The zero-order valence-electron chi connectivity index (χ0n) is 10.9. The molecule has 20 heavy (non-hydrogen) atoms. The number of H-pyrrole nitrogens is 2. The lowest BCUT2D eigenvalue weighted by Crippen LogP contribution is -2.32. The second kappa shape index (κ2) is 5.43. The molecule has 0 spiro atoms. The topological polar surface area (TPSA) is 136 Å². The van der Waals surface area contributed by atoms with Gasteiger partial charge in [-0.25, -0.2) is 14.6 Å². The molecule has 2 heterocycles. The van der Waals surface area contributed by atoms with Crippen molar-refractivity contribution in [2.75, 3.05) is 5.32 Å². The van der Waals surface area contributed by atoms with Crippen LogP contribution in [0.15, 0.2) is 12.4 Å². The third kappa shape index (κ3) is 2.94. The molecule has 0 aliphatic heterocycles. The third-order valence-corrected chi connectivity index (χ3v) is 2.61. The number of carboxylic acids is 1. The van der Waals surface area contributed by atoms with Gasteiger partial charge in [-0.15, -0.1) is 0 Å². The number of aromatic amines is 2. The molecule has 5 N–H and O–H groups in total. The van der Waals surface area contributed by atoms with Crippen LogP contribution in [0.3, 0.4) is 0 Å². The zero-order valence-corrected chi connectivity index (χ0v) is 10.9. The number of rotatable bonds is 4. The van der Waals surface area contributed by atoms with E-state index in [1.807, 2.05) is 0 Å². The molecule has 0 saturated carbocycles. The average molecular weight is 278 g/mol. The molecule has 106 valence electrons. The Bertz CT molecular complexity index is 618. The van der Waals surface area contributed by atoms with Crippen molar-refractivity contribution in [3.8, 4) is 0 Å². The number of aryl methyl sites for hydroxylation is 1. The van der Waals surface area contributed by atoms with E-state index < -0.39 is 12.0 Å². The van der Waals surface area contributed by atoms with Crippen LogP contribution in [-0.4, -0.2) is 37.3 Å². The molecule has 9 nitrogen and oxygen atoms in total. The van der Waals surface area contributed by atoms with E-state index in [4.69, 9.17) is 5.11 Å². The van der Waals surface area contributed by atoms with Crippen LogP contribution in [0.1, 0.15) is 35.0 Å². The first-order chi connectivity index (χ1) is 9.47. The second-order valence-electron chi connectivity index (χ2n) is 4.24. The lowest BCUT2D eigenvalue weighted by Gasteiger charge is -2.11. The van der Waals surface area contributed by atoms with Crippen molar-refractivity contribution >= 4 is 17.7 Å². The first kappa shape index (κ1) is 13.6. The third-order valence-electron chi connectivity index (χ3n) is 2.61. The molecule has 1 atom stereocenters. The van der Waals surface area contributed by atoms with Crippen LogP contribution in [-0.2, 0) is 0 Å². The first-order valence-electron chi connectivity index (χ1n) is 5.83. The molecular formula is C11H14N6O3. The number of nitrogens with zero attached hydrogens (tertiary/aromatic N) is 2. The molecular weight excluding hydrogens is 264 g/mol. The Balaban J connectivity index is 2.03. The fourth-order valence-corrected chi connectivity index (χ4v) is 1.70. The summed E-state index contributed by atoms with van der Waals surface area (Å²) in [6, 6.07) is 0.628. The molecule has 0 saturated heterocycles. The van der Waals surface area contributed by atoms with Gasteiger partial charge in [0.05, 0.1) is 11.7 Å². The predicted octanol–water partition coefficient (Wildman–Crippen LogP) is 1.02. The van der Waals surface area contributed by atoms with Gasteiger partial charge in [0.1, 0.15) is 17.8 Å². The van der Waals surface area contributed by atoms with E-state index in [2.05, 4.69) is 30.8 Å². The van der Waals surface area contributed by atoms with Crippen molar-refractivity contribution in [3.63, 3.8) is 0 Å². The summed E-state index contributed by atoms with van der Waals surface area (Å²) >= 11 is 0. The molecule has 0 aromatic carbocycles.